The van der Waals surface area contributed by atoms with Crippen LogP contribution in [0.15, 0.2) is 42.1 Å². The van der Waals surface area contributed by atoms with Crippen molar-refractivity contribution in [3.63, 3.8) is 0 Å². The molecule has 6 heteroatoms. The smallest absolute Gasteiger partial charge is 0.243 e. The van der Waals surface area contributed by atoms with Crippen molar-refractivity contribution >= 4 is 10.0 Å². The van der Waals surface area contributed by atoms with E-state index >= 15 is 0 Å². The van der Waals surface area contributed by atoms with Gasteiger partial charge < -0.3 is 0 Å². The molecule has 0 aliphatic heterocycles. The SMILES string of the molecule is C=CCNNS(=O)(=O)c1ccccn1. The number of pyridine rings is 1. The summed E-state index contributed by atoms with van der Waals surface area (Å²) in [6.07, 6.45) is 2.96. The van der Waals surface area contributed by atoms with Gasteiger partial charge in [-0.05, 0) is 12.1 Å². The molecular formula is C8H11N3O2S. The summed E-state index contributed by atoms with van der Waals surface area (Å²) in [4.78, 5) is 5.88. The lowest BCUT2D eigenvalue weighted by Crippen LogP contribution is -2.37. The molecule has 1 heterocycles. The van der Waals surface area contributed by atoms with Gasteiger partial charge in [0.25, 0.3) is 10.0 Å². The molecule has 0 saturated carbocycles. The topological polar surface area (TPSA) is 71.1 Å². The lowest BCUT2D eigenvalue weighted by molar-refractivity contribution is 0.561. The number of hydrazine groups is 1. The molecule has 14 heavy (non-hydrogen) atoms. The van der Waals surface area contributed by atoms with Gasteiger partial charge in [-0.1, -0.05) is 12.1 Å². The summed E-state index contributed by atoms with van der Waals surface area (Å²) < 4.78 is 22.9. The van der Waals surface area contributed by atoms with Gasteiger partial charge >= 0.3 is 0 Å². The minimum absolute atomic E-state index is 0.0171. The summed E-state index contributed by atoms with van der Waals surface area (Å²) >= 11 is 0. The van der Waals surface area contributed by atoms with Gasteiger partial charge in [-0.15, -0.1) is 11.4 Å². The molecule has 76 valence electrons. The molecule has 5 nitrogen and oxygen atoms in total. The lowest BCUT2D eigenvalue weighted by atomic mass is 10.5. The van der Waals surface area contributed by atoms with Crippen LogP contribution in [0.25, 0.3) is 0 Å². The highest BCUT2D eigenvalue weighted by atomic mass is 32.2. The molecule has 0 radical (unpaired) electrons. The Morgan fingerprint density at radius 1 is 1.50 bits per heavy atom. The predicted octanol–water partition coefficient (Wildman–Crippen LogP) is 0.0505. The molecule has 0 aliphatic carbocycles. The number of rotatable bonds is 5. The first-order chi connectivity index (χ1) is 6.67. The van der Waals surface area contributed by atoms with Gasteiger partial charge in [0.1, 0.15) is 0 Å². The number of hydrogen-bond acceptors (Lipinski definition) is 4. The van der Waals surface area contributed by atoms with Crippen LogP contribution in [-0.2, 0) is 10.0 Å². The van der Waals surface area contributed by atoms with E-state index in [1.807, 2.05) is 0 Å². The largest absolute Gasteiger partial charge is 0.270 e. The first kappa shape index (κ1) is 10.8. The van der Waals surface area contributed by atoms with E-state index in [2.05, 4.69) is 21.8 Å². The Morgan fingerprint density at radius 2 is 2.29 bits per heavy atom. The molecule has 1 rings (SSSR count). The van der Waals surface area contributed by atoms with E-state index in [9.17, 15) is 8.42 Å². The van der Waals surface area contributed by atoms with Gasteiger partial charge in [-0.25, -0.2) is 18.8 Å². The number of hydrogen-bond donors (Lipinski definition) is 2. The lowest BCUT2D eigenvalue weighted by Gasteiger charge is -2.04. The highest BCUT2D eigenvalue weighted by molar-refractivity contribution is 7.89. The van der Waals surface area contributed by atoms with Crippen molar-refractivity contribution in [1.29, 1.82) is 0 Å². The monoisotopic (exact) mass is 213 g/mol. The Labute approximate surface area is 82.9 Å². The summed E-state index contributed by atoms with van der Waals surface area (Å²) in [6, 6.07) is 4.67. The average molecular weight is 213 g/mol. The van der Waals surface area contributed by atoms with Crippen LogP contribution < -0.4 is 10.3 Å². The molecule has 0 spiro atoms. The highest BCUT2D eigenvalue weighted by Crippen LogP contribution is 2.01. The molecular weight excluding hydrogens is 202 g/mol. The maximum atomic E-state index is 11.4. The summed E-state index contributed by atoms with van der Waals surface area (Å²) in [6.45, 7) is 3.79. The zero-order valence-corrected chi connectivity index (χ0v) is 8.29. The molecule has 0 aliphatic rings. The van der Waals surface area contributed by atoms with Gasteiger partial charge in [0.2, 0.25) is 0 Å². The first-order valence-corrected chi connectivity index (χ1v) is 5.42. The van der Waals surface area contributed by atoms with E-state index in [0.717, 1.165) is 0 Å². The third-order valence-corrected chi connectivity index (χ3v) is 2.57. The molecule has 0 fully saturated rings. The van der Waals surface area contributed by atoms with Crippen LogP contribution in [-0.4, -0.2) is 19.9 Å². The van der Waals surface area contributed by atoms with Crippen molar-refractivity contribution in [2.45, 2.75) is 5.03 Å². The molecule has 0 amide bonds. The summed E-state index contributed by atoms with van der Waals surface area (Å²) in [7, 11) is -3.55. The van der Waals surface area contributed by atoms with Gasteiger partial charge in [0.05, 0.1) is 0 Å². The Kier molecular flexibility index (Phi) is 3.75. The maximum Gasteiger partial charge on any atom is 0.270 e. The van der Waals surface area contributed by atoms with E-state index in [1.54, 1.807) is 18.2 Å². The molecule has 2 N–H and O–H groups in total. The summed E-state index contributed by atoms with van der Waals surface area (Å²) in [5.74, 6) is 0. The Hall–Kier alpha value is -1.24. The Bertz CT molecular complexity index is 388. The molecule has 0 unspecified atom stereocenters. The fraction of sp³-hybridized carbons (Fsp3) is 0.125. The molecule has 0 saturated heterocycles. The quantitative estimate of drug-likeness (QED) is 0.412. The zero-order valence-electron chi connectivity index (χ0n) is 7.47. The molecule has 1 aromatic heterocycles. The van der Waals surface area contributed by atoms with Gasteiger partial charge in [-0.2, -0.15) is 0 Å². The number of aromatic nitrogens is 1. The van der Waals surface area contributed by atoms with Crippen molar-refractivity contribution in [3.8, 4) is 0 Å². The second kappa shape index (κ2) is 4.85. The minimum atomic E-state index is -3.55. The fourth-order valence-corrected chi connectivity index (χ4v) is 1.60. The van der Waals surface area contributed by atoms with Crippen LogP contribution in [0.2, 0.25) is 0 Å². The minimum Gasteiger partial charge on any atom is -0.243 e. The normalized spacial score (nSPS) is 11.1. The van der Waals surface area contributed by atoms with Crippen LogP contribution in [0.5, 0.6) is 0 Å². The fourth-order valence-electron chi connectivity index (χ4n) is 0.767. The third-order valence-electron chi connectivity index (χ3n) is 1.37. The number of nitrogens with one attached hydrogen (secondary N) is 2. The standard InChI is InChI=1S/C8H11N3O2S/c1-2-6-10-11-14(12,13)8-5-3-4-7-9-8/h2-5,7,10-11H,1,6H2. The van der Waals surface area contributed by atoms with Crippen molar-refractivity contribution in [1.82, 2.24) is 15.2 Å². The molecule has 0 atom stereocenters. The van der Waals surface area contributed by atoms with Crippen LogP contribution in [0.1, 0.15) is 0 Å². The second-order valence-corrected chi connectivity index (χ2v) is 4.07. The number of nitrogens with zero attached hydrogens (tertiary/aromatic N) is 1. The highest BCUT2D eigenvalue weighted by Gasteiger charge is 2.13. The van der Waals surface area contributed by atoms with E-state index in [-0.39, 0.29) is 5.03 Å². The van der Waals surface area contributed by atoms with Crippen LogP contribution >= 0.6 is 0 Å². The van der Waals surface area contributed by atoms with E-state index in [0.29, 0.717) is 6.54 Å². The average Bonchev–Trinajstić information content (AvgIpc) is 2.19. The predicted molar refractivity (Wildman–Crippen MR) is 52.8 cm³/mol. The van der Waals surface area contributed by atoms with Crippen LogP contribution in [0, 0.1) is 0 Å². The van der Waals surface area contributed by atoms with E-state index in [4.69, 9.17) is 0 Å². The van der Waals surface area contributed by atoms with Gasteiger partial charge in [0.15, 0.2) is 5.03 Å². The van der Waals surface area contributed by atoms with Gasteiger partial charge in [-0.3, -0.25) is 0 Å². The Morgan fingerprint density at radius 3 is 2.86 bits per heavy atom. The second-order valence-electron chi connectivity index (χ2n) is 2.44. The van der Waals surface area contributed by atoms with Crippen LogP contribution in [0.4, 0.5) is 0 Å². The van der Waals surface area contributed by atoms with E-state index < -0.39 is 10.0 Å². The first-order valence-electron chi connectivity index (χ1n) is 3.93. The third kappa shape index (κ3) is 2.91. The number of sulfonamides is 1. The van der Waals surface area contributed by atoms with Crippen LogP contribution in [0.3, 0.4) is 0 Å². The van der Waals surface area contributed by atoms with Crippen molar-refractivity contribution in [3.05, 3.63) is 37.1 Å². The van der Waals surface area contributed by atoms with Crippen molar-refractivity contribution in [2.24, 2.45) is 0 Å². The summed E-state index contributed by atoms with van der Waals surface area (Å²) in [5, 5.41) is -0.0171. The maximum absolute atomic E-state index is 11.4. The van der Waals surface area contributed by atoms with Crippen molar-refractivity contribution in [2.75, 3.05) is 6.54 Å². The van der Waals surface area contributed by atoms with E-state index in [1.165, 1.54) is 12.3 Å². The molecule has 0 aromatic carbocycles. The molecule has 1 aromatic rings. The zero-order chi connectivity index (χ0) is 10.4. The summed E-state index contributed by atoms with van der Waals surface area (Å²) in [5.41, 5.74) is 2.48. The van der Waals surface area contributed by atoms with Gasteiger partial charge in [0, 0.05) is 12.7 Å². The molecule has 0 bridgehead atoms. The Balaban J connectivity index is 2.72. The van der Waals surface area contributed by atoms with Crippen molar-refractivity contribution < 1.29 is 8.42 Å².